The van der Waals surface area contributed by atoms with Crippen molar-refractivity contribution in [2.75, 3.05) is 14.2 Å². The van der Waals surface area contributed by atoms with Gasteiger partial charge < -0.3 is 13.9 Å². The number of hydrogen-bond acceptors (Lipinski definition) is 6. The van der Waals surface area contributed by atoms with E-state index in [4.69, 9.17) is 9.15 Å². The third kappa shape index (κ3) is 2.69. The van der Waals surface area contributed by atoms with Crippen LogP contribution in [0.3, 0.4) is 0 Å². The summed E-state index contributed by atoms with van der Waals surface area (Å²) >= 11 is 1.35. The van der Waals surface area contributed by atoms with Gasteiger partial charge in [-0.05, 0) is 32.1 Å². The summed E-state index contributed by atoms with van der Waals surface area (Å²) < 4.78 is 16.6. The highest BCUT2D eigenvalue weighted by atomic mass is 32.1. The summed E-state index contributed by atoms with van der Waals surface area (Å²) in [6.45, 7) is 3.42. The Morgan fingerprint density at radius 2 is 1.92 bits per heavy atom. The molecule has 0 aliphatic rings. The zero-order valence-corrected chi connectivity index (χ0v) is 14.6. The minimum atomic E-state index is -0.515. The number of benzene rings is 1. The van der Waals surface area contributed by atoms with Crippen molar-refractivity contribution in [3.05, 3.63) is 40.5 Å². The van der Waals surface area contributed by atoms with Crippen LogP contribution in [-0.2, 0) is 9.53 Å². The monoisotopic (exact) mass is 344 g/mol. The van der Waals surface area contributed by atoms with E-state index in [1.54, 1.807) is 14.0 Å². The zero-order chi connectivity index (χ0) is 17.4. The molecule has 0 amide bonds. The molecule has 3 aromatic rings. The third-order valence-corrected chi connectivity index (χ3v) is 4.81. The van der Waals surface area contributed by atoms with E-state index >= 15 is 0 Å². The Morgan fingerprint density at radius 1 is 1.17 bits per heavy atom. The van der Waals surface area contributed by atoms with E-state index in [2.05, 4.69) is 4.74 Å². The first-order valence-corrected chi connectivity index (χ1v) is 8.08. The van der Waals surface area contributed by atoms with Crippen LogP contribution in [0, 0.1) is 6.92 Å². The molecule has 0 spiro atoms. The molecule has 0 aliphatic carbocycles. The number of ketones is 1. The van der Waals surface area contributed by atoms with Crippen molar-refractivity contribution in [1.29, 1.82) is 0 Å². The standard InChI is InChI=1S/C18H16O5S/c1-9(18(20)22-4)5-13(19)16-7-11-12-6-10(2)23-17(12)14(21-3)8-15(11)24-16/h5-8H,1-4H3/b9-5+. The molecule has 1 aromatic carbocycles. The molecule has 0 unspecified atom stereocenters. The largest absolute Gasteiger partial charge is 0.493 e. The normalized spacial score (nSPS) is 11.9. The molecular weight excluding hydrogens is 328 g/mol. The van der Waals surface area contributed by atoms with Crippen LogP contribution in [0.25, 0.3) is 21.1 Å². The molecular formula is C18H16O5S. The molecule has 0 saturated carbocycles. The van der Waals surface area contributed by atoms with Crippen molar-refractivity contribution < 1.29 is 23.5 Å². The van der Waals surface area contributed by atoms with E-state index in [0.717, 1.165) is 21.2 Å². The molecule has 0 aliphatic heterocycles. The van der Waals surface area contributed by atoms with Gasteiger partial charge in [0.1, 0.15) is 5.76 Å². The van der Waals surface area contributed by atoms with Crippen LogP contribution >= 0.6 is 11.3 Å². The van der Waals surface area contributed by atoms with Gasteiger partial charge in [0, 0.05) is 27.1 Å². The first-order valence-electron chi connectivity index (χ1n) is 7.26. The quantitative estimate of drug-likeness (QED) is 0.402. The lowest BCUT2D eigenvalue weighted by Crippen LogP contribution is -2.04. The Bertz CT molecular complexity index is 990. The highest BCUT2D eigenvalue weighted by molar-refractivity contribution is 7.21. The number of thiophene rings is 1. The predicted molar refractivity (Wildman–Crippen MR) is 93.0 cm³/mol. The summed E-state index contributed by atoms with van der Waals surface area (Å²) in [4.78, 5) is 24.4. The number of esters is 1. The highest BCUT2D eigenvalue weighted by Gasteiger charge is 2.17. The summed E-state index contributed by atoms with van der Waals surface area (Å²) in [5.41, 5.74) is 0.933. The average molecular weight is 344 g/mol. The van der Waals surface area contributed by atoms with Crippen molar-refractivity contribution in [2.45, 2.75) is 13.8 Å². The van der Waals surface area contributed by atoms with Crippen molar-refractivity contribution in [3.8, 4) is 5.75 Å². The first-order chi connectivity index (χ1) is 11.4. The number of hydrogen-bond donors (Lipinski definition) is 0. The van der Waals surface area contributed by atoms with Crippen molar-refractivity contribution in [2.24, 2.45) is 0 Å². The van der Waals surface area contributed by atoms with Crippen molar-refractivity contribution >= 4 is 44.1 Å². The average Bonchev–Trinajstić information content (AvgIpc) is 3.15. The predicted octanol–water partition coefficient (Wildman–Crippen LogP) is 4.27. The number of furan rings is 1. The fourth-order valence-corrected chi connectivity index (χ4v) is 3.58. The summed E-state index contributed by atoms with van der Waals surface area (Å²) in [7, 11) is 2.87. The van der Waals surface area contributed by atoms with E-state index in [0.29, 0.717) is 16.2 Å². The second-order valence-corrected chi connectivity index (χ2v) is 6.47. The van der Waals surface area contributed by atoms with Crippen molar-refractivity contribution in [3.63, 3.8) is 0 Å². The highest BCUT2D eigenvalue weighted by Crippen LogP contribution is 2.39. The molecule has 0 saturated heterocycles. The number of ether oxygens (including phenoxy) is 2. The van der Waals surface area contributed by atoms with Crippen LogP contribution in [0.1, 0.15) is 22.4 Å². The van der Waals surface area contributed by atoms with E-state index in [1.165, 1.54) is 24.5 Å². The maximum absolute atomic E-state index is 12.4. The minimum Gasteiger partial charge on any atom is -0.493 e. The smallest absolute Gasteiger partial charge is 0.333 e. The number of allylic oxidation sites excluding steroid dienone is 1. The van der Waals surface area contributed by atoms with Gasteiger partial charge in [-0.1, -0.05) is 0 Å². The Hall–Kier alpha value is -2.60. The summed E-state index contributed by atoms with van der Waals surface area (Å²) in [6.07, 6.45) is 1.30. The van der Waals surface area contributed by atoms with Gasteiger partial charge in [0.2, 0.25) is 0 Å². The van der Waals surface area contributed by atoms with E-state index in [1.807, 2.05) is 25.1 Å². The van der Waals surface area contributed by atoms with Crippen LogP contribution < -0.4 is 4.74 Å². The maximum atomic E-state index is 12.4. The van der Waals surface area contributed by atoms with Gasteiger partial charge in [-0.3, -0.25) is 4.79 Å². The molecule has 0 bridgehead atoms. The molecule has 0 fully saturated rings. The molecule has 2 heterocycles. The molecule has 0 N–H and O–H groups in total. The third-order valence-electron chi connectivity index (χ3n) is 3.71. The van der Waals surface area contributed by atoms with Gasteiger partial charge in [-0.25, -0.2) is 4.79 Å². The van der Waals surface area contributed by atoms with Gasteiger partial charge in [0.25, 0.3) is 0 Å². The summed E-state index contributed by atoms with van der Waals surface area (Å²) in [6, 6.07) is 5.61. The van der Waals surface area contributed by atoms with Crippen LogP contribution in [0.5, 0.6) is 5.75 Å². The van der Waals surface area contributed by atoms with E-state index < -0.39 is 5.97 Å². The molecule has 6 heteroatoms. The molecule has 0 radical (unpaired) electrons. The number of fused-ring (bicyclic) bond motifs is 3. The van der Waals surface area contributed by atoms with E-state index in [9.17, 15) is 9.59 Å². The fraction of sp³-hybridized carbons (Fsp3) is 0.222. The number of methoxy groups -OCH3 is 2. The molecule has 124 valence electrons. The van der Waals surface area contributed by atoms with Crippen LogP contribution in [0.4, 0.5) is 0 Å². The molecule has 3 rings (SSSR count). The Labute approximate surface area is 142 Å². The topological polar surface area (TPSA) is 65.7 Å². The maximum Gasteiger partial charge on any atom is 0.333 e. The lowest BCUT2D eigenvalue weighted by Gasteiger charge is -2.00. The number of aryl methyl sites for hydroxylation is 1. The van der Waals surface area contributed by atoms with Gasteiger partial charge >= 0.3 is 5.97 Å². The Morgan fingerprint density at radius 3 is 2.58 bits per heavy atom. The lowest BCUT2D eigenvalue weighted by atomic mass is 10.1. The molecule has 24 heavy (non-hydrogen) atoms. The van der Waals surface area contributed by atoms with Crippen molar-refractivity contribution in [1.82, 2.24) is 0 Å². The van der Waals surface area contributed by atoms with Gasteiger partial charge in [0.05, 0.1) is 19.1 Å². The van der Waals surface area contributed by atoms with Gasteiger partial charge in [0.15, 0.2) is 17.1 Å². The van der Waals surface area contributed by atoms with Crippen LogP contribution in [-0.4, -0.2) is 26.0 Å². The number of carbonyl (C=O) groups is 2. The summed E-state index contributed by atoms with van der Waals surface area (Å²) in [5.74, 6) is 0.662. The molecule has 2 aromatic heterocycles. The van der Waals surface area contributed by atoms with Gasteiger partial charge in [-0.2, -0.15) is 0 Å². The van der Waals surface area contributed by atoms with E-state index in [-0.39, 0.29) is 11.4 Å². The number of carbonyl (C=O) groups excluding carboxylic acids is 2. The molecule has 5 nitrogen and oxygen atoms in total. The summed E-state index contributed by atoms with van der Waals surface area (Å²) in [5, 5.41) is 1.84. The Kier molecular flexibility index (Phi) is 4.15. The van der Waals surface area contributed by atoms with Crippen LogP contribution in [0.2, 0.25) is 0 Å². The van der Waals surface area contributed by atoms with Crippen LogP contribution in [0.15, 0.2) is 34.3 Å². The Balaban J connectivity index is 2.13. The second kappa shape index (κ2) is 6.13. The number of rotatable bonds is 4. The minimum absolute atomic E-state index is 0.230. The first kappa shape index (κ1) is 16.3. The zero-order valence-electron chi connectivity index (χ0n) is 13.8. The molecule has 0 atom stereocenters. The SMILES string of the molecule is COC(=O)/C(C)=C/C(=O)c1cc2c(cc(OC)c3oc(C)cc32)s1. The second-order valence-electron chi connectivity index (χ2n) is 5.38. The van der Waals surface area contributed by atoms with Gasteiger partial charge in [-0.15, -0.1) is 11.3 Å². The fourth-order valence-electron chi connectivity index (χ4n) is 2.57. The lowest BCUT2D eigenvalue weighted by molar-refractivity contribution is -0.136.